The van der Waals surface area contributed by atoms with Gasteiger partial charge >= 0.3 is 5.97 Å². The molecule has 39 heavy (non-hydrogen) atoms. The van der Waals surface area contributed by atoms with Crippen LogP contribution in [0.15, 0.2) is 72.8 Å². The lowest BCUT2D eigenvalue weighted by Gasteiger charge is -2.43. The Balaban J connectivity index is 1.57. The molecule has 1 heterocycles. The number of benzene rings is 3. The third-order valence-corrected chi connectivity index (χ3v) is 6.99. The highest BCUT2D eigenvalue weighted by atomic mass is 35.5. The summed E-state index contributed by atoms with van der Waals surface area (Å²) < 4.78 is 4.56. The first kappa shape index (κ1) is 27.9. The Bertz CT molecular complexity index is 1370. The van der Waals surface area contributed by atoms with E-state index in [1.54, 1.807) is 46.2 Å². The van der Waals surface area contributed by atoms with E-state index in [-0.39, 0.29) is 42.6 Å². The standard InChI is InChI=1S/C30H30ClN3O5/c1-19-18-27(34(20(2)35)24-14-10-22(31)11-15-24)25-6-4-5-7-26(25)33(19)30(38)21-8-12-23(13-9-21)32-28(36)16-17-29(37)39-3/h4-15,19,27H,16-18H2,1-3H3,(H,32,36)/t19-,27+/m0/s1. The van der Waals surface area contributed by atoms with Gasteiger partial charge in [0.05, 0.1) is 19.6 Å². The zero-order chi connectivity index (χ0) is 28.1. The first-order valence-corrected chi connectivity index (χ1v) is 13.0. The molecule has 1 aliphatic rings. The molecule has 0 fully saturated rings. The summed E-state index contributed by atoms with van der Waals surface area (Å²) in [6.07, 6.45) is 0.536. The molecule has 0 saturated carbocycles. The molecule has 0 aliphatic carbocycles. The van der Waals surface area contributed by atoms with E-state index in [2.05, 4.69) is 10.1 Å². The average molecular weight is 548 g/mol. The number of anilines is 3. The van der Waals surface area contributed by atoms with Crippen molar-refractivity contribution >= 4 is 52.4 Å². The van der Waals surface area contributed by atoms with E-state index >= 15 is 0 Å². The number of rotatable bonds is 7. The summed E-state index contributed by atoms with van der Waals surface area (Å²) in [5.41, 5.74) is 3.34. The van der Waals surface area contributed by atoms with Gasteiger partial charge in [0, 0.05) is 47.0 Å². The van der Waals surface area contributed by atoms with E-state index in [1.807, 2.05) is 43.3 Å². The van der Waals surface area contributed by atoms with E-state index < -0.39 is 5.97 Å². The smallest absolute Gasteiger partial charge is 0.306 e. The maximum Gasteiger partial charge on any atom is 0.306 e. The van der Waals surface area contributed by atoms with Crippen LogP contribution in [0, 0.1) is 0 Å². The summed E-state index contributed by atoms with van der Waals surface area (Å²) in [6.45, 7) is 3.51. The molecule has 0 bridgehead atoms. The van der Waals surface area contributed by atoms with Crippen molar-refractivity contribution in [3.05, 3.63) is 88.9 Å². The van der Waals surface area contributed by atoms with Gasteiger partial charge in [-0.15, -0.1) is 0 Å². The van der Waals surface area contributed by atoms with Crippen molar-refractivity contribution in [3.63, 3.8) is 0 Å². The number of esters is 1. The summed E-state index contributed by atoms with van der Waals surface area (Å²) in [4.78, 5) is 53.4. The number of carbonyl (C=O) groups is 4. The molecule has 1 N–H and O–H groups in total. The minimum atomic E-state index is -0.455. The van der Waals surface area contributed by atoms with Crippen LogP contribution in [0.25, 0.3) is 0 Å². The number of hydrogen-bond acceptors (Lipinski definition) is 5. The largest absolute Gasteiger partial charge is 0.469 e. The van der Waals surface area contributed by atoms with E-state index in [1.165, 1.54) is 14.0 Å². The van der Waals surface area contributed by atoms with Gasteiger partial charge in [-0.25, -0.2) is 0 Å². The predicted octanol–water partition coefficient (Wildman–Crippen LogP) is 5.76. The molecule has 3 amide bonds. The molecule has 8 nitrogen and oxygen atoms in total. The molecule has 3 aromatic rings. The van der Waals surface area contributed by atoms with Gasteiger partial charge in [0.2, 0.25) is 11.8 Å². The van der Waals surface area contributed by atoms with Crippen LogP contribution in [0.2, 0.25) is 5.02 Å². The first-order chi connectivity index (χ1) is 18.7. The van der Waals surface area contributed by atoms with Crippen LogP contribution in [0.4, 0.5) is 17.1 Å². The number of amides is 3. The highest BCUT2D eigenvalue weighted by Crippen LogP contribution is 2.42. The number of halogens is 1. The molecular weight excluding hydrogens is 518 g/mol. The molecule has 1 aliphatic heterocycles. The summed E-state index contributed by atoms with van der Waals surface area (Å²) in [7, 11) is 1.27. The van der Waals surface area contributed by atoms with Gasteiger partial charge < -0.3 is 19.9 Å². The van der Waals surface area contributed by atoms with Crippen molar-refractivity contribution in [1.82, 2.24) is 0 Å². The fourth-order valence-electron chi connectivity index (χ4n) is 4.89. The van der Waals surface area contributed by atoms with Crippen LogP contribution < -0.4 is 15.1 Å². The Morgan fingerprint density at radius 3 is 2.28 bits per heavy atom. The van der Waals surface area contributed by atoms with Gasteiger partial charge in [-0.05, 0) is 73.5 Å². The SMILES string of the molecule is COC(=O)CCC(=O)Nc1ccc(C(=O)N2c3ccccc3[C@H](N(C(C)=O)c3ccc(Cl)cc3)C[C@@H]2C)cc1. The maximum atomic E-state index is 13.7. The first-order valence-electron chi connectivity index (χ1n) is 12.6. The number of para-hydroxylation sites is 1. The number of nitrogens with one attached hydrogen (secondary N) is 1. The van der Waals surface area contributed by atoms with Gasteiger partial charge in [0.1, 0.15) is 0 Å². The number of carbonyl (C=O) groups excluding carboxylic acids is 4. The third kappa shape index (κ3) is 6.29. The van der Waals surface area contributed by atoms with Crippen LogP contribution in [0.1, 0.15) is 55.1 Å². The van der Waals surface area contributed by atoms with Crippen molar-refractivity contribution in [2.24, 2.45) is 0 Å². The Hall–Kier alpha value is -4.17. The van der Waals surface area contributed by atoms with Gasteiger partial charge in [0.25, 0.3) is 5.91 Å². The topological polar surface area (TPSA) is 96.0 Å². The van der Waals surface area contributed by atoms with Crippen molar-refractivity contribution in [2.75, 3.05) is 22.2 Å². The molecule has 0 aromatic heterocycles. The van der Waals surface area contributed by atoms with Crippen LogP contribution in [0.5, 0.6) is 0 Å². The van der Waals surface area contributed by atoms with Crippen molar-refractivity contribution < 1.29 is 23.9 Å². The van der Waals surface area contributed by atoms with Gasteiger partial charge in [-0.3, -0.25) is 19.2 Å². The second-order valence-corrected chi connectivity index (χ2v) is 9.84. The normalized spacial score (nSPS) is 16.2. The van der Waals surface area contributed by atoms with Crippen LogP contribution in [-0.4, -0.2) is 36.8 Å². The fourth-order valence-corrected chi connectivity index (χ4v) is 5.02. The molecule has 202 valence electrons. The molecular formula is C30H30ClN3O5. The number of nitrogens with zero attached hydrogens (tertiary/aromatic N) is 2. The highest BCUT2D eigenvalue weighted by molar-refractivity contribution is 6.30. The molecule has 4 rings (SSSR count). The zero-order valence-electron chi connectivity index (χ0n) is 22.0. The predicted molar refractivity (Wildman–Crippen MR) is 151 cm³/mol. The van der Waals surface area contributed by atoms with Crippen LogP contribution in [-0.2, 0) is 19.1 Å². The fraction of sp³-hybridized carbons (Fsp3) is 0.267. The monoisotopic (exact) mass is 547 g/mol. The van der Waals surface area contributed by atoms with Crippen molar-refractivity contribution in [1.29, 1.82) is 0 Å². The van der Waals surface area contributed by atoms with Gasteiger partial charge in [-0.2, -0.15) is 0 Å². The Morgan fingerprint density at radius 1 is 0.974 bits per heavy atom. The molecule has 0 saturated heterocycles. The van der Waals surface area contributed by atoms with E-state index in [9.17, 15) is 19.2 Å². The van der Waals surface area contributed by atoms with E-state index in [4.69, 9.17) is 11.6 Å². The average Bonchev–Trinajstić information content (AvgIpc) is 2.93. The Morgan fingerprint density at radius 2 is 1.64 bits per heavy atom. The number of fused-ring (bicyclic) bond motifs is 1. The van der Waals surface area contributed by atoms with Crippen LogP contribution >= 0.6 is 11.6 Å². The molecule has 3 aromatic carbocycles. The quantitative estimate of drug-likeness (QED) is 0.379. The lowest BCUT2D eigenvalue weighted by atomic mass is 9.89. The van der Waals surface area contributed by atoms with E-state index in [0.717, 1.165) is 16.9 Å². The summed E-state index contributed by atoms with van der Waals surface area (Å²) >= 11 is 6.08. The minimum Gasteiger partial charge on any atom is -0.469 e. The van der Waals surface area contributed by atoms with E-state index in [0.29, 0.717) is 22.7 Å². The van der Waals surface area contributed by atoms with Crippen molar-refractivity contribution in [3.8, 4) is 0 Å². The summed E-state index contributed by atoms with van der Waals surface area (Å²) in [6, 6.07) is 21.0. The summed E-state index contributed by atoms with van der Waals surface area (Å²) in [5.74, 6) is -1.06. The second kappa shape index (κ2) is 12.1. The molecule has 2 atom stereocenters. The molecule has 0 radical (unpaired) electrons. The number of methoxy groups -OCH3 is 1. The minimum absolute atomic E-state index is 0.00387. The molecule has 0 spiro atoms. The maximum absolute atomic E-state index is 13.7. The van der Waals surface area contributed by atoms with Crippen molar-refractivity contribution in [2.45, 2.75) is 45.2 Å². The molecule has 0 unspecified atom stereocenters. The van der Waals surface area contributed by atoms with Gasteiger partial charge in [0.15, 0.2) is 0 Å². The Labute approximate surface area is 232 Å². The Kier molecular flexibility index (Phi) is 8.66. The zero-order valence-corrected chi connectivity index (χ0v) is 22.8. The lowest BCUT2D eigenvalue weighted by Crippen LogP contribution is -2.47. The number of ether oxygens (including phenoxy) is 1. The lowest BCUT2D eigenvalue weighted by molar-refractivity contribution is -0.141. The summed E-state index contributed by atoms with van der Waals surface area (Å²) in [5, 5.41) is 3.31. The van der Waals surface area contributed by atoms with Crippen LogP contribution in [0.3, 0.4) is 0 Å². The number of hydrogen-bond donors (Lipinski definition) is 1. The molecule has 9 heteroatoms. The van der Waals surface area contributed by atoms with Gasteiger partial charge in [-0.1, -0.05) is 29.8 Å². The second-order valence-electron chi connectivity index (χ2n) is 9.40. The highest BCUT2D eigenvalue weighted by Gasteiger charge is 2.38. The third-order valence-electron chi connectivity index (χ3n) is 6.73.